The monoisotopic (exact) mass is 532 g/mol. The van der Waals surface area contributed by atoms with Gasteiger partial charge in [0.2, 0.25) is 0 Å². The fourth-order valence-corrected chi connectivity index (χ4v) is 4.93. The van der Waals surface area contributed by atoms with Crippen molar-refractivity contribution in [1.82, 2.24) is 4.90 Å². The number of aliphatic carboxylic acids is 1. The quantitative estimate of drug-likeness (QED) is 0.400. The van der Waals surface area contributed by atoms with Crippen molar-refractivity contribution in [2.24, 2.45) is 0 Å². The van der Waals surface area contributed by atoms with Gasteiger partial charge < -0.3 is 20.1 Å². The van der Waals surface area contributed by atoms with Gasteiger partial charge in [0.1, 0.15) is 5.82 Å². The zero-order valence-electron chi connectivity index (χ0n) is 23.0. The molecule has 204 valence electrons. The molecule has 0 spiro atoms. The van der Waals surface area contributed by atoms with Gasteiger partial charge in [-0.3, -0.25) is 9.59 Å². The lowest BCUT2D eigenvalue weighted by molar-refractivity contribution is -0.160. The van der Waals surface area contributed by atoms with Crippen LogP contribution in [0.5, 0.6) is 0 Å². The molecule has 3 aromatic carbocycles. The number of carboxylic acid groups (broad SMARTS) is 1. The fraction of sp³-hybridized carbons (Fsp3) is 0.323. The molecule has 1 heterocycles. The highest BCUT2D eigenvalue weighted by atomic mass is 19.1. The van der Waals surface area contributed by atoms with Crippen LogP contribution in [0.3, 0.4) is 0 Å². The number of fused-ring (bicyclic) bond motifs is 1. The second-order valence-corrected chi connectivity index (χ2v) is 10.9. The first kappa shape index (κ1) is 28.0. The highest BCUT2D eigenvalue weighted by Crippen LogP contribution is 2.42. The molecular formula is C31H33FN2O5. The number of carboxylic acids is 1. The Hall–Kier alpha value is -4.04. The summed E-state index contributed by atoms with van der Waals surface area (Å²) in [4.78, 5) is 40.7. The average Bonchev–Trinajstić information content (AvgIpc) is 3.31. The molecule has 3 aromatic rings. The number of benzene rings is 3. The van der Waals surface area contributed by atoms with E-state index in [2.05, 4.69) is 5.32 Å². The molecule has 1 atom stereocenters. The van der Waals surface area contributed by atoms with E-state index < -0.39 is 23.5 Å². The molecule has 0 radical (unpaired) electrons. The van der Waals surface area contributed by atoms with Crippen LogP contribution in [0.25, 0.3) is 0 Å². The second kappa shape index (κ2) is 10.6. The van der Waals surface area contributed by atoms with Gasteiger partial charge in [-0.2, -0.15) is 0 Å². The van der Waals surface area contributed by atoms with Crippen LogP contribution in [0.2, 0.25) is 0 Å². The van der Waals surface area contributed by atoms with Crippen molar-refractivity contribution in [3.8, 4) is 0 Å². The third-order valence-electron chi connectivity index (χ3n) is 6.88. The Morgan fingerprint density at radius 2 is 1.56 bits per heavy atom. The number of hydrogen-bond donors (Lipinski definition) is 2. The van der Waals surface area contributed by atoms with Gasteiger partial charge >= 0.3 is 5.97 Å². The Labute approximate surface area is 227 Å². The molecule has 2 amide bonds. The number of nitrogens with zero attached hydrogens (tertiary/aromatic N) is 1. The third-order valence-corrected chi connectivity index (χ3v) is 6.88. The lowest BCUT2D eigenvalue weighted by Crippen LogP contribution is -2.29. The summed E-state index contributed by atoms with van der Waals surface area (Å²) in [7, 11) is 0. The van der Waals surface area contributed by atoms with Crippen LogP contribution >= 0.6 is 0 Å². The number of aryl methyl sites for hydroxylation is 1. The van der Waals surface area contributed by atoms with Crippen molar-refractivity contribution < 1.29 is 28.6 Å². The zero-order valence-corrected chi connectivity index (χ0v) is 23.0. The summed E-state index contributed by atoms with van der Waals surface area (Å²) in [6, 6.07) is 12.6. The number of carbonyl (C=O) groups is 3. The molecule has 2 N–H and O–H groups in total. The van der Waals surface area contributed by atoms with E-state index >= 15 is 0 Å². The minimum Gasteiger partial charge on any atom is -0.479 e. The summed E-state index contributed by atoms with van der Waals surface area (Å²) in [5, 5.41) is 13.2. The van der Waals surface area contributed by atoms with Crippen LogP contribution in [0.1, 0.15) is 81.0 Å². The van der Waals surface area contributed by atoms with Crippen LogP contribution in [0.4, 0.5) is 10.1 Å². The number of rotatable bonds is 6. The van der Waals surface area contributed by atoms with Crippen LogP contribution in [0, 0.1) is 26.6 Å². The van der Waals surface area contributed by atoms with Gasteiger partial charge in [-0.25, -0.2) is 9.18 Å². The minimum atomic E-state index is -1.37. The van der Waals surface area contributed by atoms with Gasteiger partial charge in [0.05, 0.1) is 11.3 Å². The minimum absolute atomic E-state index is 0.221. The summed E-state index contributed by atoms with van der Waals surface area (Å²) >= 11 is 0. The van der Waals surface area contributed by atoms with Gasteiger partial charge in [-0.1, -0.05) is 23.8 Å². The Morgan fingerprint density at radius 3 is 2.13 bits per heavy atom. The third kappa shape index (κ3) is 5.86. The smallest absolute Gasteiger partial charge is 0.337 e. The molecule has 4 rings (SSSR count). The molecule has 8 heteroatoms. The Balaban J connectivity index is 1.83. The molecule has 0 aliphatic carbocycles. The summed E-state index contributed by atoms with van der Waals surface area (Å²) in [6.45, 7) is 11.3. The van der Waals surface area contributed by atoms with Crippen molar-refractivity contribution in [2.45, 2.75) is 66.3 Å². The maximum absolute atomic E-state index is 13.8. The number of hydrogen-bond acceptors (Lipinski definition) is 4. The molecule has 1 aliphatic rings. The van der Waals surface area contributed by atoms with Crippen molar-refractivity contribution in [2.75, 3.05) is 5.32 Å². The topological polar surface area (TPSA) is 95.9 Å². The molecule has 39 heavy (non-hydrogen) atoms. The van der Waals surface area contributed by atoms with Crippen LogP contribution in [-0.2, 0) is 22.6 Å². The molecule has 1 aliphatic heterocycles. The molecule has 0 saturated heterocycles. The summed E-state index contributed by atoms with van der Waals surface area (Å²) in [5.74, 6) is -2.41. The number of anilines is 1. The van der Waals surface area contributed by atoms with E-state index in [1.807, 2.05) is 19.1 Å². The zero-order chi connectivity index (χ0) is 28.6. The summed E-state index contributed by atoms with van der Waals surface area (Å²) in [5.41, 5.74) is 4.46. The first-order valence-electron chi connectivity index (χ1n) is 12.7. The normalized spacial score (nSPS) is 13.7. The summed E-state index contributed by atoms with van der Waals surface area (Å²) < 4.78 is 19.8. The predicted molar refractivity (Wildman–Crippen MR) is 146 cm³/mol. The highest BCUT2D eigenvalue weighted by Gasteiger charge is 2.36. The van der Waals surface area contributed by atoms with Crippen molar-refractivity contribution in [3.05, 3.63) is 98.9 Å². The first-order chi connectivity index (χ1) is 18.3. The van der Waals surface area contributed by atoms with Crippen LogP contribution in [0.15, 0.2) is 48.5 Å². The van der Waals surface area contributed by atoms with E-state index in [-0.39, 0.29) is 30.5 Å². The van der Waals surface area contributed by atoms with E-state index in [0.717, 1.165) is 16.7 Å². The molecule has 0 fully saturated rings. The highest BCUT2D eigenvalue weighted by molar-refractivity contribution is 6.06. The van der Waals surface area contributed by atoms with Gasteiger partial charge in [-0.15, -0.1) is 0 Å². The fourth-order valence-electron chi connectivity index (χ4n) is 4.93. The van der Waals surface area contributed by atoms with E-state index in [1.54, 1.807) is 57.7 Å². The SMILES string of the molecule is Cc1ccc(C(=O)Nc2c(C)c3c(c(C)c2[C@H](OC(C)(C)C)C(=O)O)CN(C(=O)c2cccc(F)c2)C3)cc1. The van der Waals surface area contributed by atoms with E-state index in [0.29, 0.717) is 27.9 Å². The van der Waals surface area contributed by atoms with Crippen molar-refractivity contribution >= 4 is 23.5 Å². The van der Waals surface area contributed by atoms with E-state index in [9.17, 15) is 23.9 Å². The lowest BCUT2D eigenvalue weighted by Gasteiger charge is -2.29. The largest absolute Gasteiger partial charge is 0.479 e. The van der Waals surface area contributed by atoms with Crippen LogP contribution in [-0.4, -0.2) is 33.4 Å². The Kier molecular flexibility index (Phi) is 7.61. The number of amides is 2. The maximum atomic E-state index is 13.8. The number of ether oxygens (including phenoxy) is 1. The molecule has 7 nitrogen and oxygen atoms in total. The number of nitrogens with one attached hydrogen (secondary N) is 1. The van der Waals surface area contributed by atoms with Gasteiger partial charge in [0.15, 0.2) is 6.10 Å². The second-order valence-electron chi connectivity index (χ2n) is 10.9. The molecule has 0 bridgehead atoms. The molecule has 0 saturated carbocycles. The lowest BCUT2D eigenvalue weighted by atomic mass is 9.89. The molecular weight excluding hydrogens is 499 g/mol. The maximum Gasteiger partial charge on any atom is 0.337 e. The standard InChI is InChI=1S/C31H33FN2O5/c1-17-10-12-20(13-11-17)28(35)33-26-19(3)24-16-34(29(36)21-8-7-9-22(32)14-21)15-23(24)18(2)25(26)27(30(37)38)39-31(4,5)6/h7-14,27H,15-16H2,1-6H3,(H,33,35)(H,37,38)/t27-/m0/s1. The van der Waals surface area contributed by atoms with Crippen molar-refractivity contribution in [1.29, 1.82) is 0 Å². The van der Waals surface area contributed by atoms with E-state index in [1.165, 1.54) is 18.2 Å². The Morgan fingerprint density at radius 1 is 0.949 bits per heavy atom. The van der Waals surface area contributed by atoms with Crippen LogP contribution < -0.4 is 5.32 Å². The summed E-state index contributed by atoms with van der Waals surface area (Å²) in [6.07, 6.45) is -1.37. The number of halogens is 1. The molecule has 0 aromatic heterocycles. The Bertz CT molecular complexity index is 1460. The number of carbonyl (C=O) groups excluding carboxylic acids is 2. The van der Waals surface area contributed by atoms with E-state index in [4.69, 9.17) is 4.74 Å². The first-order valence-corrected chi connectivity index (χ1v) is 12.7. The van der Waals surface area contributed by atoms with Gasteiger partial charge in [-0.05, 0) is 94.1 Å². The van der Waals surface area contributed by atoms with Gasteiger partial charge in [0, 0.05) is 29.8 Å². The predicted octanol–water partition coefficient (Wildman–Crippen LogP) is 6.10. The van der Waals surface area contributed by atoms with Gasteiger partial charge in [0.25, 0.3) is 11.8 Å². The van der Waals surface area contributed by atoms with Crippen molar-refractivity contribution in [3.63, 3.8) is 0 Å². The molecule has 0 unspecified atom stereocenters. The average molecular weight is 533 g/mol.